The van der Waals surface area contributed by atoms with E-state index in [0.29, 0.717) is 16.1 Å². The molecular formula is C18H21Cl2N. The maximum atomic E-state index is 6.10. The molecule has 2 rings (SSSR count). The van der Waals surface area contributed by atoms with Gasteiger partial charge < -0.3 is 5.32 Å². The van der Waals surface area contributed by atoms with Gasteiger partial charge in [-0.15, -0.1) is 0 Å². The molecule has 0 saturated carbocycles. The van der Waals surface area contributed by atoms with Gasteiger partial charge in [-0.3, -0.25) is 0 Å². The van der Waals surface area contributed by atoms with Crippen molar-refractivity contribution in [3.63, 3.8) is 0 Å². The van der Waals surface area contributed by atoms with E-state index in [1.54, 1.807) is 0 Å². The lowest BCUT2D eigenvalue weighted by Crippen LogP contribution is -2.22. The van der Waals surface area contributed by atoms with Crippen molar-refractivity contribution in [1.29, 1.82) is 0 Å². The quantitative estimate of drug-likeness (QED) is 0.648. The molecule has 0 aliphatic heterocycles. The lowest BCUT2D eigenvalue weighted by atomic mass is 10.0. The summed E-state index contributed by atoms with van der Waals surface area (Å²) in [7, 11) is 0. The van der Waals surface area contributed by atoms with Crippen molar-refractivity contribution in [2.24, 2.45) is 0 Å². The third kappa shape index (κ3) is 5.03. The summed E-state index contributed by atoms with van der Waals surface area (Å²) in [5.41, 5.74) is 2.59. The summed E-state index contributed by atoms with van der Waals surface area (Å²) in [5.74, 6) is 0. The van der Waals surface area contributed by atoms with Crippen LogP contribution in [0.25, 0.3) is 0 Å². The van der Waals surface area contributed by atoms with Gasteiger partial charge in [0.25, 0.3) is 0 Å². The fourth-order valence-electron chi connectivity index (χ4n) is 2.44. The van der Waals surface area contributed by atoms with Crippen LogP contribution in [0.4, 0.5) is 0 Å². The van der Waals surface area contributed by atoms with Crippen LogP contribution >= 0.6 is 23.2 Å². The zero-order valence-electron chi connectivity index (χ0n) is 12.3. The maximum Gasteiger partial charge on any atom is 0.0595 e. The van der Waals surface area contributed by atoms with Crippen molar-refractivity contribution in [3.8, 4) is 0 Å². The van der Waals surface area contributed by atoms with E-state index in [9.17, 15) is 0 Å². The number of aryl methyl sites for hydroxylation is 1. The Balaban J connectivity index is 1.83. The average Bonchev–Trinajstić information content (AvgIpc) is 2.51. The highest BCUT2D eigenvalue weighted by atomic mass is 35.5. The topological polar surface area (TPSA) is 12.0 Å². The number of hydrogen-bond donors (Lipinski definition) is 1. The summed E-state index contributed by atoms with van der Waals surface area (Å²) in [6, 6.07) is 16.8. The van der Waals surface area contributed by atoms with Crippen LogP contribution in [0.15, 0.2) is 48.5 Å². The molecule has 0 bridgehead atoms. The molecule has 0 radical (unpaired) electrons. The monoisotopic (exact) mass is 321 g/mol. The highest BCUT2D eigenvalue weighted by Gasteiger charge is 2.10. The normalized spacial score (nSPS) is 12.3. The van der Waals surface area contributed by atoms with Gasteiger partial charge in [-0.05, 0) is 49.1 Å². The van der Waals surface area contributed by atoms with Gasteiger partial charge in [0, 0.05) is 6.04 Å². The van der Waals surface area contributed by atoms with Crippen molar-refractivity contribution >= 4 is 23.2 Å². The molecule has 1 nitrogen and oxygen atoms in total. The van der Waals surface area contributed by atoms with Gasteiger partial charge in [-0.1, -0.05) is 66.5 Å². The molecule has 0 aromatic heterocycles. The molecule has 2 aromatic rings. The molecular weight excluding hydrogens is 301 g/mol. The smallest absolute Gasteiger partial charge is 0.0595 e. The molecule has 0 aliphatic carbocycles. The van der Waals surface area contributed by atoms with Gasteiger partial charge in [0.1, 0.15) is 0 Å². The number of halogens is 2. The minimum absolute atomic E-state index is 0.329. The second-order valence-electron chi connectivity index (χ2n) is 5.18. The predicted octanol–water partition coefficient (Wildman–Crippen LogP) is 5.67. The van der Waals surface area contributed by atoms with Crippen molar-refractivity contribution < 1.29 is 0 Å². The molecule has 0 heterocycles. The largest absolute Gasteiger partial charge is 0.310 e. The summed E-state index contributed by atoms with van der Waals surface area (Å²) in [4.78, 5) is 0. The molecule has 1 atom stereocenters. The summed E-state index contributed by atoms with van der Waals surface area (Å²) in [6.45, 7) is 3.17. The fourth-order valence-corrected chi connectivity index (χ4v) is 2.75. The first kappa shape index (κ1) is 16.4. The predicted molar refractivity (Wildman–Crippen MR) is 92.3 cm³/mol. The van der Waals surface area contributed by atoms with Crippen LogP contribution in [0.2, 0.25) is 10.0 Å². The van der Waals surface area contributed by atoms with E-state index in [2.05, 4.69) is 42.6 Å². The molecule has 0 saturated heterocycles. The van der Waals surface area contributed by atoms with E-state index in [4.69, 9.17) is 23.2 Å². The Morgan fingerprint density at radius 2 is 1.76 bits per heavy atom. The van der Waals surface area contributed by atoms with E-state index >= 15 is 0 Å². The van der Waals surface area contributed by atoms with E-state index in [1.165, 1.54) is 11.1 Å². The number of rotatable bonds is 7. The second-order valence-corrected chi connectivity index (χ2v) is 5.99. The second kappa shape index (κ2) is 8.43. The summed E-state index contributed by atoms with van der Waals surface area (Å²) in [5, 5.41) is 4.84. The zero-order valence-corrected chi connectivity index (χ0v) is 13.8. The molecule has 1 unspecified atom stereocenters. The van der Waals surface area contributed by atoms with Crippen LogP contribution in [0.5, 0.6) is 0 Å². The third-order valence-corrected chi connectivity index (χ3v) is 4.37. The maximum absolute atomic E-state index is 6.10. The number of hydrogen-bond acceptors (Lipinski definition) is 1. The molecule has 0 amide bonds. The Labute approximate surface area is 137 Å². The number of nitrogens with one attached hydrogen (secondary N) is 1. The lowest BCUT2D eigenvalue weighted by molar-refractivity contribution is 0.510. The van der Waals surface area contributed by atoms with Crippen LogP contribution in [0, 0.1) is 0 Å². The Morgan fingerprint density at radius 1 is 1.00 bits per heavy atom. The van der Waals surface area contributed by atoms with Crippen molar-refractivity contribution in [2.75, 3.05) is 6.54 Å². The van der Waals surface area contributed by atoms with Crippen LogP contribution in [-0.2, 0) is 6.42 Å². The Morgan fingerprint density at radius 3 is 2.43 bits per heavy atom. The molecule has 21 heavy (non-hydrogen) atoms. The van der Waals surface area contributed by atoms with Gasteiger partial charge in [-0.25, -0.2) is 0 Å². The SMILES string of the molecule is CCC(NCCCc1ccccc1)c1ccc(Cl)c(Cl)c1. The van der Waals surface area contributed by atoms with Crippen molar-refractivity contribution in [1.82, 2.24) is 5.32 Å². The Hall–Kier alpha value is -1.02. The average molecular weight is 322 g/mol. The lowest BCUT2D eigenvalue weighted by Gasteiger charge is -2.18. The van der Waals surface area contributed by atoms with Gasteiger partial charge in [-0.2, -0.15) is 0 Å². The minimum atomic E-state index is 0.329. The molecule has 0 spiro atoms. The molecule has 0 fully saturated rings. The first-order valence-electron chi connectivity index (χ1n) is 7.43. The fraction of sp³-hybridized carbons (Fsp3) is 0.333. The van der Waals surface area contributed by atoms with E-state index < -0.39 is 0 Å². The van der Waals surface area contributed by atoms with Gasteiger partial charge in [0.2, 0.25) is 0 Å². The Bertz CT molecular complexity index is 554. The van der Waals surface area contributed by atoms with Gasteiger partial charge in [0.05, 0.1) is 10.0 Å². The van der Waals surface area contributed by atoms with Gasteiger partial charge in [0.15, 0.2) is 0 Å². The van der Waals surface area contributed by atoms with Crippen LogP contribution in [0.3, 0.4) is 0 Å². The molecule has 3 heteroatoms. The zero-order chi connectivity index (χ0) is 15.1. The minimum Gasteiger partial charge on any atom is -0.310 e. The molecule has 1 N–H and O–H groups in total. The van der Waals surface area contributed by atoms with E-state index in [1.807, 2.05) is 18.2 Å². The van der Waals surface area contributed by atoms with E-state index in [-0.39, 0.29) is 0 Å². The summed E-state index contributed by atoms with van der Waals surface area (Å²) >= 11 is 12.1. The molecule has 112 valence electrons. The highest BCUT2D eigenvalue weighted by Crippen LogP contribution is 2.26. The first-order valence-corrected chi connectivity index (χ1v) is 8.18. The van der Waals surface area contributed by atoms with Crippen LogP contribution in [0.1, 0.15) is 36.9 Å². The first-order chi connectivity index (χ1) is 10.2. The van der Waals surface area contributed by atoms with Crippen LogP contribution < -0.4 is 5.32 Å². The number of benzene rings is 2. The standard InChI is InChI=1S/C18H21Cl2N/c1-2-18(15-10-11-16(19)17(20)13-15)21-12-6-9-14-7-4-3-5-8-14/h3-5,7-8,10-11,13,18,21H,2,6,9,12H2,1H3. The van der Waals surface area contributed by atoms with Gasteiger partial charge >= 0.3 is 0 Å². The summed E-state index contributed by atoms with van der Waals surface area (Å²) < 4.78 is 0. The van der Waals surface area contributed by atoms with Crippen LogP contribution in [-0.4, -0.2) is 6.54 Å². The summed E-state index contributed by atoms with van der Waals surface area (Å²) in [6.07, 6.45) is 3.26. The highest BCUT2D eigenvalue weighted by molar-refractivity contribution is 6.42. The molecule has 2 aromatic carbocycles. The van der Waals surface area contributed by atoms with Crippen molar-refractivity contribution in [2.45, 2.75) is 32.2 Å². The third-order valence-electron chi connectivity index (χ3n) is 3.63. The Kier molecular flexibility index (Phi) is 6.56. The molecule has 0 aliphatic rings. The van der Waals surface area contributed by atoms with E-state index in [0.717, 1.165) is 25.8 Å². The van der Waals surface area contributed by atoms with Crippen molar-refractivity contribution in [3.05, 3.63) is 69.7 Å².